The van der Waals surface area contributed by atoms with Crippen LogP contribution in [0.5, 0.6) is 0 Å². The Morgan fingerprint density at radius 1 is 0.939 bits per heavy atom. The Labute approximate surface area is 198 Å². The number of amides is 3. The maximum absolute atomic E-state index is 13.2. The lowest BCUT2D eigenvalue weighted by atomic mass is 10.1. The van der Waals surface area contributed by atoms with E-state index in [9.17, 15) is 14.4 Å². The van der Waals surface area contributed by atoms with E-state index in [0.29, 0.717) is 22.8 Å². The average molecular weight is 462 g/mol. The van der Waals surface area contributed by atoms with Gasteiger partial charge in [-0.2, -0.15) is 0 Å². The second kappa shape index (κ2) is 9.88. The third kappa shape index (κ3) is 5.07. The zero-order valence-corrected chi connectivity index (χ0v) is 19.0. The number of halogens is 1. The van der Waals surface area contributed by atoms with Crippen LogP contribution in [0, 0.1) is 6.92 Å². The summed E-state index contributed by atoms with van der Waals surface area (Å²) in [6, 6.07) is 23.8. The average Bonchev–Trinajstić information content (AvgIpc) is 3.22. The monoisotopic (exact) mass is 461 g/mol. The van der Waals surface area contributed by atoms with Gasteiger partial charge in [0, 0.05) is 22.8 Å². The minimum atomic E-state index is -0.286. The SMILES string of the molecule is Cc1c(Cl)cccc1N1CN(C(=O)CN(Cc2ccccc2)C(=O)c2ccccc2)CC1=O. The van der Waals surface area contributed by atoms with Crippen LogP contribution in [-0.4, -0.2) is 47.3 Å². The number of hydrogen-bond acceptors (Lipinski definition) is 3. The van der Waals surface area contributed by atoms with Gasteiger partial charge in [-0.15, -0.1) is 0 Å². The second-order valence-corrected chi connectivity index (χ2v) is 8.36. The lowest BCUT2D eigenvalue weighted by molar-refractivity contribution is -0.132. The molecule has 1 aliphatic rings. The molecular weight excluding hydrogens is 438 g/mol. The first-order chi connectivity index (χ1) is 15.9. The number of benzene rings is 3. The van der Waals surface area contributed by atoms with Gasteiger partial charge in [0.25, 0.3) is 5.91 Å². The van der Waals surface area contributed by atoms with Gasteiger partial charge in [0.05, 0.1) is 0 Å². The van der Waals surface area contributed by atoms with Gasteiger partial charge in [-0.05, 0) is 42.3 Å². The summed E-state index contributed by atoms with van der Waals surface area (Å²) in [5.74, 6) is -0.704. The maximum atomic E-state index is 13.2. The second-order valence-electron chi connectivity index (χ2n) is 7.95. The first kappa shape index (κ1) is 22.6. The Morgan fingerprint density at radius 3 is 2.30 bits per heavy atom. The molecule has 1 heterocycles. The molecule has 4 rings (SSSR count). The van der Waals surface area contributed by atoms with Crippen molar-refractivity contribution in [3.8, 4) is 0 Å². The third-order valence-electron chi connectivity index (χ3n) is 5.67. The topological polar surface area (TPSA) is 60.9 Å². The highest BCUT2D eigenvalue weighted by Crippen LogP contribution is 2.28. The van der Waals surface area contributed by atoms with Crippen LogP contribution in [0.2, 0.25) is 5.02 Å². The molecule has 6 nitrogen and oxygen atoms in total. The van der Waals surface area contributed by atoms with Crippen molar-refractivity contribution in [2.24, 2.45) is 0 Å². The van der Waals surface area contributed by atoms with Crippen molar-refractivity contribution in [3.63, 3.8) is 0 Å². The quantitative estimate of drug-likeness (QED) is 0.554. The highest BCUT2D eigenvalue weighted by atomic mass is 35.5. The molecule has 168 valence electrons. The lowest BCUT2D eigenvalue weighted by Gasteiger charge is -2.25. The van der Waals surface area contributed by atoms with E-state index in [-0.39, 0.29) is 37.5 Å². The zero-order valence-electron chi connectivity index (χ0n) is 18.3. The fraction of sp³-hybridized carbons (Fsp3) is 0.192. The number of carbonyl (C=O) groups excluding carboxylic acids is 3. The van der Waals surface area contributed by atoms with Gasteiger partial charge in [-0.25, -0.2) is 0 Å². The maximum Gasteiger partial charge on any atom is 0.254 e. The zero-order chi connectivity index (χ0) is 23.4. The Balaban J connectivity index is 1.52. The smallest absolute Gasteiger partial charge is 0.254 e. The van der Waals surface area contributed by atoms with E-state index < -0.39 is 0 Å². The summed E-state index contributed by atoms with van der Waals surface area (Å²) in [5.41, 5.74) is 2.90. The van der Waals surface area contributed by atoms with Gasteiger partial charge in [0.1, 0.15) is 19.8 Å². The van der Waals surface area contributed by atoms with Gasteiger partial charge in [-0.3, -0.25) is 19.3 Å². The van der Waals surface area contributed by atoms with Gasteiger partial charge in [0.2, 0.25) is 11.8 Å². The molecule has 1 saturated heterocycles. The molecule has 3 aromatic carbocycles. The van der Waals surface area contributed by atoms with Crippen LogP contribution in [0.1, 0.15) is 21.5 Å². The molecule has 0 bridgehead atoms. The van der Waals surface area contributed by atoms with E-state index in [1.807, 2.05) is 49.4 Å². The van der Waals surface area contributed by atoms with Crippen LogP contribution in [0.4, 0.5) is 5.69 Å². The number of carbonyl (C=O) groups is 3. The molecule has 0 aliphatic carbocycles. The molecule has 3 aromatic rings. The fourth-order valence-electron chi connectivity index (χ4n) is 3.84. The molecule has 0 unspecified atom stereocenters. The van der Waals surface area contributed by atoms with E-state index in [1.165, 1.54) is 9.80 Å². The number of hydrogen-bond donors (Lipinski definition) is 0. The molecule has 1 aliphatic heterocycles. The van der Waals surface area contributed by atoms with Gasteiger partial charge < -0.3 is 9.80 Å². The molecule has 0 spiro atoms. The predicted molar refractivity (Wildman–Crippen MR) is 128 cm³/mol. The molecule has 1 fully saturated rings. The Morgan fingerprint density at radius 2 is 1.61 bits per heavy atom. The summed E-state index contributed by atoms with van der Waals surface area (Å²) in [6.07, 6.45) is 0. The normalized spacial score (nSPS) is 13.3. The van der Waals surface area contributed by atoms with Crippen LogP contribution >= 0.6 is 11.6 Å². The fourth-order valence-corrected chi connectivity index (χ4v) is 4.01. The number of nitrogens with zero attached hydrogens (tertiary/aromatic N) is 3. The molecule has 7 heteroatoms. The van der Waals surface area contributed by atoms with Gasteiger partial charge in [-0.1, -0.05) is 66.2 Å². The number of rotatable bonds is 6. The molecule has 3 amide bonds. The predicted octanol–water partition coefficient (Wildman–Crippen LogP) is 4.12. The van der Waals surface area contributed by atoms with Crippen molar-refractivity contribution < 1.29 is 14.4 Å². The molecule has 0 saturated carbocycles. The van der Waals surface area contributed by atoms with Crippen molar-refractivity contribution in [2.45, 2.75) is 13.5 Å². The summed E-state index contributed by atoms with van der Waals surface area (Å²) < 4.78 is 0. The van der Waals surface area contributed by atoms with E-state index in [0.717, 1.165) is 11.1 Å². The van der Waals surface area contributed by atoms with Gasteiger partial charge in [0.15, 0.2) is 0 Å². The summed E-state index contributed by atoms with van der Waals surface area (Å²) in [4.78, 5) is 43.6. The van der Waals surface area contributed by atoms with Crippen molar-refractivity contribution in [2.75, 3.05) is 24.7 Å². The molecule has 0 aromatic heterocycles. The largest absolute Gasteiger partial charge is 0.325 e. The van der Waals surface area contributed by atoms with Crippen molar-refractivity contribution in [1.29, 1.82) is 0 Å². The highest BCUT2D eigenvalue weighted by molar-refractivity contribution is 6.31. The summed E-state index contributed by atoms with van der Waals surface area (Å²) in [6.45, 7) is 2.09. The van der Waals surface area contributed by atoms with Crippen LogP contribution in [0.3, 0.4) is 0 Å². The Hall–Kier alpha value is -3.64. The van der Waals surface area contributed by atoms with E-state index in [2.05, 4.69) is 0 Å². The Kier molecular flexibility index (Phi) is 6.75. The van der Waals surface area contributed by atoms with Crippen molar-refractivity contribution >= 4 is 35.0 Å². The van der Waals surface area contributed by atoms with E-state index >= 15 is 0 Å². The summed E-state index contributed by atoms with van der Waals surface area (Å²) >= 11 is 6.22. The molecule has 33 heavy (non-hydrogen) atoms. The Bertz CT molecular complexity index is 1170. The van der Waals surface area contributed by atoms with E-state index in [4.69, 9.17) is 11.6 Å². The van der Waals surface area contributed by atoms with Crippen LogP contribution < -0.4 is 4.90 Å². The third-order valence-corrected chi connectivity index (χ3v) is 6.08. The lowest BCUT2D eigenvalue weighted by Crippen LogP contribution is -2.42. The van der Waals surface area contributed by atoms with Crippen LogP contribution in [-0.2, 0) is 16.1 Å². The summed E-state index contributed by atoms with van der Waals surface area (Å²) in [5, 5.41) is 0.563. The summed E-state index contributed by atoms with van der Waals surface area (Å²) in [7, 11) is 0. The van der Waals surface area contributed by atoms with Crippen molar-refractivity contribution in [3.05, 3.63) is 101 Å². The standard InChI is InChI=1S/C26H24ClN3O3/c1-19-22(27)13-8-14-23(19)30-18-29(17-25(30)32)24(31)16-28(15-20-9-4-2-5-10-20)26(33)21-11-6-3-7-12-21/h2-14H,15-18H2,1H3. The van der Waals surface area contributed by atoms with Crippen LogP contribution in [0.15, 0.2) is 78.9 Å². The minimum absolute atomic E-state index is 0.0382. The van der Waals surface area contributed by atoms with E-state index in [1.54, 1.807) is 41.3 Å². The first-order valence-electron chi connectivity index (χ1n) is 10.7. The van der Waals surface area contributed by atoms with Crippen LogP contribution in [0.25, 0.3) is 0 Å². The molecular formula is C26H24ClN3O3. The molecule has 0 N–H and O–H groups in total. The minimum Gasteiger partial charge on any atom is -0.325 e. The van der Waals surface area contributed by atoms with Gasteiger partial charge >= 0.3 is 0 Å². The number of anilines is 1. The molecule has 0 atom stereocenters. The highest BCUT2D eigenvalue weighted by Gasteiger charge is 2.34. The van der Waals surface area contributed by atoms with Crippen molar-refractivity contribution in [1.82, 2.24) is 9.80 Å². The first-order valence-corrected chi connectivity index (χ1v) is 11.0. The molecule has 0 radical (unpaired) electrons.